The minimum Gasteiger partial charge on any atom is -0.454 e. The van der Waals surface area contributed by atoms with E-state index in [1.54, 1.807) is 43.3 Å². The first kappa shape index (κ1) is 20.1. The van der Waals surface area contributed by atoms with E-state index < -0.39 is 17.7 Å². The molecule has 1 aliphatic heterocycles. The van der Waals surface area contributed by atoms with Crippen molar-refractivity contribution in [2.24, 2.45) is 0 Å². The lowest BCUT2D eigenvalue weighted by atomic mass is 10.1. The van der Waals surface area contributed by atoms with E-state index in [9.17, 15) is 14.4 Å². The molecule has 0 saturated carbocycles. The molecule has 0 aromatic heterocycles. The number of carbonyl (C=O) groups excluding carboxylic acids is 3. The number of aryl methyl sites for hydroxylation is 1. The molecular weight excluding hydrogens is 372 g/mol. The summed E-state index contributed by atoms with van der Waals surface area (Å²) in [6.07, 6.45) is 1.64. The SMILES string of the molecule is CC(=O)N(CC(=O)Nc1ccc(C)cc1)C(=O)/C(C)=C/c1ccc2c(c1)OCO2. The molecule has 0 aliphatic carbocycles. The van der Waals surface area contributed by atoms with Gasteiger partial charge < -0.3 is 14.8 Å². The van der Waals surface area contributed by atoms with Crippen LogP contribution in [0.5, 0.6) is 11.5 Å². The number of fused-ring (bicyclic) bond motifs is 1. The fraction of sp³-hybridized carbons (Fsp3) is 0.227. The maximum Gasteiger partial charge on any atom is 0.256 e. The molecule has 0 bridgehead atoms. The van der Waals surface area contributed by atoms with E-state index in [4.69, 9.17) is 9.47 Å². The number of imide groups is 1. The van der Waals surface area contributed by atoms with Crippen molar-refractivity contribution >= 4 is 29.5 Å². The Balaban J connectivity index is 1.70. The summed E-state index contributed by atoms with van der Waals surface area (Å²) in [5.41, 5.74) is 2.71. The Morgan fingerprint density at radius 1 is 1.03 bits per heavy atom. The van der Waals surface area contributed by atoms with Gasteiger partial charge in [0.2, 0.25) is 18.6 Å². The van der Waals surface area contributed by atoms with Gasteiger partial charge in [0.1, 0.15) is 6.54 Å². The van der Waals surface area contributed by atoms with Gasteiger partial charge in [0.25, 0.3) is 5.91 Å². The van der Waals surface area contributed by atoms with Crippen molar-refractivity contribution in [2.75, 3.05) is 18.7 Å². The standard InChI is InChI=1S/C22H22N2O5/c1-14-4-7-18(8-5-14)23-21(26)12-24(16(3)25)22(27)15(2)10-17-6-9-19-20(11-17)29-13-28-19/h4-11H,12-13H2,1-3H3,(H,23,26)/b15-10+. The molecule has 2 aromatic rings. The van der Waals surface area contributed by atoms with Gasteiger partial charge in [-0.15, -0.1) is 0 Å². The third kappa shape index (κ3) is 5.01. The number of nitrogens with zero attached hydrogens (tertiary/aromatic N) is 1. The van der Waals surface area contributed by atoms with Crippen LogP contribution >= 0.6 is 0 Å². The number of hydrogen-bond donors (Lipinski definition) is 1. The first-order valence-corrected chi connectivity index (χ1v) is 9.10. The molecule has 0 saturated heterocycles. The highest BCUT2D eigenvalue weighted by molar-refractivity contribution is 6.08. The normalized spacial score (nSPS) is 12.4. The van der Waals surface area contributed by atoms with Crippen LogP contribution in [0.15, 0.2) is 48.0 Å². The highest BCUT2D eigenvalue weighted by atomic mass is 16.7. The van der Waals surface area contributed by atoms with Crippen LogP contribution < -0.4 is 14.8 Å². The zero-order chi connectivity index (χ0) is 21.0. The second-order valence-electron chi connectivity index (χ2n) is 6.76. The van der Waals surface area contributed by atoms with E-state index in [2.05, 4.69) is 5.32 Å². The van der Waals surface area contributed by atoms with Gasteiger partial charge in [-0.05, 0) is 49.8 Å². The lowest BCUT2D eigenvalue weighted by molar-refractivity contribution is -0.143. The number of nitrogens with one attached hydrogen (secondary N) is 1. The van der Waals surface area contributed by atoms with Crippen molar-refractivity contribution in [1.29, 1.82) is 0 Å². The van der Waals surface area contributed by atoms with Crippen molar-refractivity contribution in [3.63, 3.8) is 0 Å². The van der Waals surface area contributed by atoms with E-state index in [0.717, 1.165) is 16.0 Å². The smallest absolute Gasteiger partial charge is 0.256 e. The maximum atomic E-state index is 12.8. The minimum atomic E-state index is -0.533. The van der Waals surface area contributed by atoms with Crippen LogP contribution in [-0.2, 0) is 14.4 Å². The van der Waals surface area contributed by atoms with Crippen LogP contribution in [0.2, 0.25) is 0 Å². The summed E-state index contributed by atoms with van der Waals surface area (Å²) in [4.78, 5) is 38.0. The zero-order valence-corrected chi connectivity index (χ0v) is 16.5. The lowest BCUT2D eigenvalue weighted by Gasteiger charge is -2.19. The highest BCUT2D eigenvalue weighted by Gasteiger charge is 2.23. The molecule has 1 N–H and O–H groups in total. The molecule has 2 aromatic carbocycles. The Kier molecular flexibility index (Phi) is 5.97. The van der Waals surface area contributed by atoms with E-state index in [1.165, 1.54) is 6.92 Å². The Morgan fingerprint density at radius 3 is 2.41 bits per heavy atom. The number of rotatable bonds is 5. The summed E-state index contributed by atoms with van der Waals surface area (Å²) in [5, 5.41) is 2.69. The monoisotopic (exact) mass is 394 g/mol. The van der Waals surface area contributed by atoms with E-state index >= 15 is 0 Å². The topological polar surface area (TPSA) is 84.9 Å². The third-order valence-corrected chi connectivity index (χ3v) is 4.38. The second-order valence-corrected chi connectivity index (χ2v) is 6.76. The maximum absolute atomic E-state index is 12.8. The number of anilines is 1. The average Bonchev–Trinajstić information content (AvgIpc) is 3.15. The predicted octanol–water partition coefficient (Wildman–Crippen LogP) is 3.14. The molecule has 0 unspecified atom stereocenters. The number of ether oxygens (including phenoxy) is 2. The Labute approximate surface area is 168 Å². The summed E-state index contributed by atoms with van der Waals surface area (Å²) >= 11 is 0. The van der Waals surface area contributed by atoms with Crippen LogP contribution in [0.25, 0.3) is 6.08 Å². The third-order valence-electron chi connectivity index (χ3n) is 4.38. The fourth-order valence-electron chi connectivity index (χ4n) is 2.83. The van der Waals surface area contributed by atoms with Gasteiger partial charge >= 0.3 is 0 Å². The first-order valence-electron chi connectivity index (χ1n) is 9.10. The molecule has 3 amide bonds. The second kappa shape index (κ2) is 8.60. The van der Waals surface area contributed by atoms with Gasteiger partial charge in [-0.2, -0.15) is 0 Å². The van der Waals surface area contributed by atoms with E-state index in [1.807, 2.05) is 19.1 Å². The van der Waals surface area contributed by atoms with Gasteiger partial charge in [-0.25, -0.2) is 0 Å². The van der Waals surface area contributed by atoms with Gasteiger partial charge in [0, 0.05) is 18.2 Å². The number of amides is 3. The van der Waals surface area contributed by atoms with Gasteiger partial charge in [0.05, 0.1) is 0 Å². The number of hydrogen-bond acceptors (Lipinski definition) is 5. The van der Waals surface area contributed by atoms with Crippen molar-refractivity contribution in [2.45, 2.75) is 20.8 Å². The summed E-state index contributed by atoms with van der Waals surface area (Å²) in [6.45, 7) is 4.59. The molecule has 0 atom stereocenters. The van der Waals surface area contributed by atoms with E-state index in [-0.39, 0.29) is 13.3 Å². The predicted molar refractivity (Wildman–Crippen MR) is 108 cm³/mol. The Morgan fingerprint density at radius 2 is 1.72 bits per heavy atom. The van der Waals surface area contributed by atoms with Gasteiger partial charge in [0.15, 0.2) is 11.5 Å². The number of benzene rings is 2. The lowest BCUT2D eigenvalue weighted by Crippen LogP contribution is -2.41. The molecule has 1 heterocycles. The molecular formula is C22H22N2O5. The van der Waals surface area contributed by atoms with Gasteiger partial charge in [-0.3, -0.25) is 19.3 Å². The van der Waals surface area contributed by atoms with Crippen LogP contribution in [0.1, 0.15) is 25.0 Å². The molecule has 7 nitrogen and oxygen atoms in total. The molecule has 3 rings (SSSR count). The van der Waals surface area contributed by atoms with Crippen LogP contribution in [0.3, 0.4) is 0 Å². The molecule has 0 fully saturated rings. The van der Waals surface area contributed by atoms with Gasteiger partial charge in [-0.1, -0.05) is 23.8 Å². The van der Waals surface area contributed by atoms with Crippen molar-refractivity contribution in [1.82, 2.24) is 4.90 Å². The minimum absolute atomic E-state index is 0.161. The van der Waals surface area contributed by atoms with E-state index in [0.29, 0.717) is 22.8 Å². The summed E-state index contributed by atoms with van der Waals surface area (Å²) in [6, 6.07) is 12.5. The summed E-state index contributed by atoms with van der Waals surface area (Å²) < 4.78 is 10.6. The van der Waals surface area contributed by atoms with Crippen LogP contribution in [-0.4, -0.2) is 36.0 Å². The van der Waals surface area contributed by atoms with Crippen molar-refractivity contribution in [3.05, 3.63) is 59.2 Å². The molecule has 29 heavy (non-hydrogen) atoms. The summed E-state index contributed by atoms with van der Waals surface area (Å²) in [5.74, 6) is -0.251. The molecule has 7 heteroatoms. The molecule has 0 spiro atoms. The highest BCUT2D eigenvalue weighted by Crippen LogP contribution is 2.33. The number of carbonyl (C=O) groups is 3. The fourth-order valence-corrected chi connectivity index (χ4v) is 2.83. The quantitative estimate of drug-likeness (QED) is 0.788. The molecule has 0 radical (unpaired) electrons. The largest absolute Gasteiger partial charge is 0.454 e. The van der Waals surface area contributed by atoms with Crippen molar-refractivity contribution < 1.29 is 23.9 Å². The zero-order valence-electron chi connectivity index (χ0n) is 16.5. The molecule has 150 valence electrons. The first-order chi connectivity index (χ1) is 13.8. The Bertz CT molecular complexity index is 979. The Hall–Kier alpha value is -3.61. The van der Waals surface area contributed by atoms with Crippen LogP contribution in [0.4, 0.5) is 5.69 Å². The average molecular weight is 394 g/mol. The van der Waals surface area contributed by atoms with Crippen molar-refractivity contribution in [3.8, 4) is 11.5 Å². The summed E-state index contributed by atoms with van der Waals surface area (Å²) in [7, 11) is 0. The molecule has 1 aliphatic rings. The van der Waals surface area contributed by atoms with Crippen LogP contribution in [0, 0.1) is 6.92 Å².